The quantitative estimate of drug-likeness (QED) is 0.682. The molecular formula is C16H29N3. The van der Waals surface area contributed by atoms with Crippen molar-refractivity contribution in [1.82, 2.24) is 10.2 Å². The average molecular weight is 263 g/mol. The van der Waals surface area contributed by atoms with Crippen LogP contribution in [-0.2, 0) is 6.42 Å². The molecule has 0 aromatic carbocycles. The van der Waals surface area contributed by atoms with Gasteiger partial charge in [0.2, 0.25) is 0 Å². The second-order valence-electron chi connectivity index (χ2n) is 5.40. The lowest BCUT2D eigenvalue weighted by atomic mass is 9.98. The van der Waals surface area contributed by atoms with Crippen LogP contribution >= 0.6 is 0 Å². The Balaban J connectivity index is 2.40. The van der Waals surface area contributed by atoms with E-state index in [4.69, 9.17) is 5.73 Å². The van der Waals surface area contributed by atoms with E-state index in [1.165, 1.54) is 44.1 Å². The van der Waals surface area contributed by atoms with Crippen LogP contribution in [0.2, 0.25) is 0 Å². The van der Waals surface area contributed by atoms with Crippen LogP contribution in [0.3, 0.4) is 0 Å². The van der Waals surface area contributed by atoms with Gasteiger partial charge in [-0.05, 0) is 31.4 Å². The smallest absolute Gasteiger partial charge is 0.0676 e. The molecule has 1 aromatic rings. The van der Waals surface area contributed by atoms with E-state index in [1.807, 2.05) is 6.92 Å². The van der Waals surface area contributed by atoms with Crippen LogP contribution in [0.4, 0.5) is 0 Å². The summed E-state index contributed by atoms with van der Waals surface area (Å²) >= 11 is 0. The highest BCUT2D eigenvalue weighted by molar-refractivity contribution is 5.24. The lowest BCUT2D eigenvalue weighted by Crippen LogP contribution is -2.14. The highest BCUT2D eigenvalue weighted by Gasteiger charge is 2.12. The van der Waals surface area contributed by atoms with Gasteiger partial charge in [-0.25, -0.2) is 0 Å². The lowest BCUT2D eigenvalue weighted by molar-refractivity contribution is 0.542. The summed E-state index contributed by atoms with van der Waals surface area (Å²) in [5, 5.41) is 8.37. The summed E-state index contributed by atoms with van der Waals surface area (Å²) in [6, 6.07) is 2.23. The maximum atomic E-state index is 6.31. The molecule has 1 aromatic heterocycles. The van der Waals surface area contributed by atoms with Gasteiger partial charge in [-0.3, -0.25) is 0 Å². The van der Waals surface area contributed by atoms with Crippen LogP contribution in [0.5, 0.6) is 0 Å². The minimum Gasteiger partial charge on any atom is -0.324 e. The number of hydrogen-bond acceptors (Lipinski definition) is 3. The Kier molecular flexibility index (Phi) is 7.65. The standard InChI is InChI=1S/C16H29N3/c1-4-6-7-8-9-10-11-15(17)14-12-13(3)18-19-16(14)5-2/h12,15H,4-11,17H2,1-3H3. The van der Waals surface area contributed by atoms with Crippen LogP contribution in [0.25, 0.3) is 0 Å². The highest BCUT2D eigenvalue weighted by Crippen LogP contribution is 2.21. The number of unbranched alkanes of at least 4 members (excludes halogenated alkanes) is 5. The third kappa shape index (κ3) is 5.68. The van der Waals surface area contributed by atoms with E-state index in [9.17, 15) is 0 Å². The summed E-state index contributed by atoms with van der Waals surface area (Å²) in [4.78, 5) is 0. The van der Waals surface area contributed by atoms with Crippen molar-refractivity contribution in [2.45, 2.75) is 78.2 Å². The van der Waals surface area contributed by atoms with Crippen LogP contribution < -0.4 is 5.73 Å². The van der Waals surface area contributed by atoms with Crippen molar-refractivity contribution in [1.29, 1.82) is 0 Å². The number of nitrogens with zero attached hydrogens (tertiary/aromatic N) is 2. The second-order valence-corrected chi connectivity index (χ2v) is 5.40. The normalized spacial score (nSPS) is 12.6. The predicted molar refractivity (Wildman–Crippen MR) is 81.1 cm³/mol. The highest BCUT2D eigenvalue weighted by atomic mass is 15.1. The predicted octanol–water partition coefficient (Wildman–Crippen LogP) is 4.10. The zero-order valence-electron chi connectivity index (χ0n) is 12.8. The molecule has 0 fully saturated rings. The van der Waals surface area contributed by atoms with Crippen molar-refractivity contribution in [3.05, 3.63) is 23.0 Å². The van der Waals surface area contributed by atoms with Gasteiger partial charge >= 0.3 is 0 Å². The molecule has 19 heavy (non-hydrogen) atoms. The number of nitrogens with two attached hydrogens (primary N) is 1. The van der Waals surface area contributed by atoms with Crippen molar-refractivity contribution in [2.75, 3.05) is 0 Å². The topological polar surface area (TPSA) is 51.8 Å². The fraction of sp³-hybridized carbons (Fsp3) is 0.750. The summed E-state index contributed by atoms with van der Waals surface area (Å²) < 4.78 is 0. The van der Waals surface area contributed by atoms with Crippen LogP contribution in [0, 0.1) is 6.92 Å². The molecule has 0 aliphatic heterocycles. The molecule has 0 aliphatic carbocycles. The lowest BCUT2D eigenvalue weighted by Gasteiger charge is -2.15. The first-order valence-electron chi connectivity index (χ1n) is 7.77. The largest absolute Gasteiger partial charge is 0.324 e. The fourth-order valence-corrected chi connectivity index (χ4v) is 2.43. The summed E-state index contributed by atoms with van der Waals surface area (Å²) in [6.07, 6.45) is 9.86. The average Bonchev–Trinajstić information content (AvgIpc) is 2.42. The van der Waals surface area contributed by atoms with Crippen molar-refractivity contribution in [3.8, 4) is 0 Å². The molecule has 2 N–H and O–H groups in total. The van der Waals surface area contributed by atoms with E-state index in [-0.39, 0.29) is 6.04 Å². The first kappa shape index (κ1) is 16.1. The molecule has 0 aliphatic rings. The monoisotopic (exact) mass is 263 g/mol. The van der Waals surface area contributed by atoms with Gasteiger partial charge in [-0.1, -0.05) is 52.4 Å². The zero-order chi connectivity index (χ0) is 14.1. The summed E-state index contributed by atoms with van der Waals surface area (Å²) in [6.45, 7) is 6.34. The number of aromatic nitrogens is 2. The molecule has 0 bridgehead atoms. The van der Waals surface area contributed by atoms with Crippen molar-refractivity contribution >= 4 is 0 Å². The SMILES string of the molecule is CCCCCCCCC(N)c1cc(C)nnc1CC. The minimum absolute atomic E-state index is 0.121. The molecule has 3 heteroatoms. The third-order valence-electron chi connectivity index (χ3n) is 3.63. The number of rotatable bonds is 9. The first-order valence-corrected chi connectivity index (χ1v) is 7.77. The molecular weight excluding hydrogens is 234 g/mol. The van der Waals surface area contributed by atoms with Gasteiger partial charge in [-0.2, -0.15) is 10.2 Å². The third-order valence-corrected chi connectivity index (χ3v) is 3.63. The molecule has 0 radical (unpaired) electrons. The van der Waals surface area contributed by atoms with Crippen LogP contribution in [-0.4, -0.2) is 10.2 Å². The van der Waals surface area contributed by atoms with E-state index < -0.39 is 0 Å². The minimum atomic E-state index is 0.121. The molecule has 1 rings (SSSR count). The molecule has 1 heterocycles. The van der Waals surface area contributed by atoms with E-state index in [0.717, 1.165) is 24.2 Å². The van der Waals surface area contributed by atoms with E-state index in [1.54, 1.807) is 0 Å². The summed E-state index contributed by atoms with van der Waals surface area (Å²) in [5.74, 6) is 0. The number of hydrogen-bond donors (Lipinski definition) is 1. The first-order chi connectivity index (χ1) is 9.19. The van der Waals surface area contributed by atoms with Crippen molar-refractivity contribution in [3.63, 3.8) is 0 Å². The van der Waals surface area contributed by atoms with Gasteiger partial charge < -0.3 is 5.73 Å². The van der Waals surface area contributed by atoms with Gasteiger partial charge in [-0.15, -0.1) is 0 Å². The Morgan fingerprint density at radius 1 is 1.05 bits per heavy atom. The molecule has 108 valence electrons. The second kappa shape index (κ2) is 9.03. The zero-order valence-corrected chi connectivity index (χ0v) is 12.8. The number of aryl methyl sites for hydroxylation is 2. The Bertz CT molecular complexity index is 363. The van der Waals surface area contributed by atoms with Crippen molar-refractivity contribution in [2.24, 2.45) is 5.73 Å². The van der Waals surface area contributed by atoms with E-state index in [0.29, 0.717) is 0 Å². The molecule has 0 saturated carbocycles. The maximum absolute atomic E-state index is 6.31. The Labute approximate surface area is 118 Å². The van der Waals surface area contributed by atoms with Gasteiger partial charge in [0.1, 0.15) is 0 Å². The van der Waals surface area contributed by atoms with Gasteiger partial charge in [0.15, 0.2) is 0 Å². The fourth-order valence-electron chi connectivity index (χ4n) is 2.43. The molecule has 1 unspecified atom stereocenters. The molecule has 0 spiro atoms. The Morgan fingerprint density at radius 2 is 1.74 bits per heavy atom. The van der Waals surface area contributed by atoms with Crippen LogP contribution in [0.15, 0.2) is 6.07 Å². The van der Waals surface area contributed by atoms with Crippen molar-refractivity contribution < 1.29 is 0 Å². The molecule has 0 amide bonds. The summed E-state index contributed by atoms with van der Waals surface area (Å²) in [7, 11) is 0. The van der Waals surface area contributed by atoms with Crippen LogP contribution in [0.1, 0.15) is 81.8 Å². The van der Waals surface area contributed by atoms with E-state index in [2.05, 4.69) is 30.1 Å². The molecule has 0 saturated heterocycles. The molecule has 3 nitrogen and oxygen atoms in total. The van der Waals surface area contributed by atoms with Gasteiger partial charge in [0.25, 0.3) is 0 Å². The Morgan fingerprint density at radius 3 is 2.42 bits per heavy atom. The van der Waals surface area contributed by atoms with Gasteiger partial charge in [0, 0.05) is 6.04 Å². The maximum Gasteiger partial charge on any atom is 0.0676 e. The van der Waals surface area contributed by atoms with Gasteiger partial charge in [0.05, 0.1) is 11.4 Å². The summed E-state index contributed by atoms with van der Waals surface area (Å²) in [5.41, 5.74) is 9.53. The Hall–Kier alpha value is -0.960. The van der Waals surface area contributed by atoms with E-state index >= 15 is 0 Å². The molecule has 1 atom stereocenters.